The number of phenols is 1. The number of thiophene rings is 1. The maximum absolute atomic E-state index is 15.1. The molecule has 4 aromatic rings. The van der Waals surface area contributed by atoms with Crippen molar-refractivity contribution in [1.82, 2.24) is 14.7 Å². The Hall–Kier alpha value is -5.21. The summed E-state index contributed by atoms with van der Waals surface area (Å²) in [4.78, 5) is 72.1. The van der Waals surface area contributed by atoms with Crippen LogP contribution in [0.25, 0.3) is 20.7 Å². The third-order valence-corrected chi connectivity index (χ3v) is 13.5. The second-order valence-corrected chi connectivity index (χ2v) is 16.1. The van der Waals surface area contributed by atoms with Crippen LogP contribution in [0.4, 0.5) is 5.82 Å². The summed E-state index contributed by atoms with van der Waals surface area (Å²) in [6.07, 6.45) is 1.82. The van der Waals surface area contributed by atoms with Crippen LogP contribution in [0.1, 0.15) is 43.2 Å². The number of methoxy groups -OCH3 is 2. The molecule has 6 atom stereocenters. The van der Waals surface area contributed by atoms with Gasteiger partial charge in [-0.25, -0.2) is 4.90 Å². The average Bonchev–Trinajstić information content (AvgIpc) is 3.81. The zero-order valence-electron chi connectivity index (χ0n) is 30.1. The largest absolute Gasteiger partial charge is 0.502 e. The number of anilines is 1. The highest BCUT2D eigenvalue weighted by atomic mass is 35.5. The number of phenolic OH excluding ortho intramolecular Hbond substituents is 1. The van der Waals surface area contributed by atoms with E-state index in [0.717, 1.165) is 31.0 Å². The molecule has 2 aromatic carbocycles. The number of carbonyl (C=O) groups is 5. The fourth-order valence-corrected chi connectivity index (χ4v) is 10.7. The van der Waals surface area contributed by atoms with Gasteiger partial charge >= 0.3 is 5.97 Å². The van der Waals surface area contributed by atoms with Crippen LogP contribution in [0.5, 0.6) is 17.2 Å². The number of allylic oxidation sites excluding steroid dienone is 2. The highest BCUT2D eigenvalue weighted by Crippen LogP contribution is 2.64. The average molecular weight is 773 g/mol. The number of hydrogen-bond acceptors (Lipinski definition) is 10. The van der Waals surface area contributed by atoms with Crippen LogP contribution in [-0.2, 0) is 31.0 Å². The van der Waals surface area contributed by atoms with E-state index in [1.54, 1.807) is 32.2 Å². The molecule has 15 heteroatoms. The number of carbonyl (C=O) groups excluding carboxylic acids is 4. The van der Waals surface area contributed by atoms with Crippen molar-refractivity contribution in [2.24, 2.45) is 36.1 Å². The molecular formula is C39H37ClN4O9S. The smallest absolute Gasteiger partial charge is 0.305 e. The van der Waals surface area contributed by atoms with Gasteiger partial charge in [0.15, 0.2) is 11.5 Å². The lowest BCUT2D eigenvalue weighted by atomic mass is 9.51. The molecular weight excluding hydrogens is 736 g/mol. The maximum atomic E-state index is 15.1. The standard InChI is InChI=1S/C39H37ClN4O9S/c1-17-22-14-19(40)6-9-28(22)54-34(17)25-16-29(42(3)41-25)44-36(49)24-15-23-20(7-8-21-31(23)37(50)43(35(21)48)11-10-30(45)46)32(39(24,2)38(44)51)18-12-26(52-4)33(47)27(13-18)53-5/h6-7,9,12-14,16,21,23-24,31-32,47H,8,10-11,15H2,1-5H3,(H,45,46)/t21-,23+,24-,31-,32-,39+/m0/s1. The molecule has 4 amide bonds. The van der Waals surface area contributed by atoms with E-state index >= 15 is 4.79 Å². The summed E-state index contributed by atoms with van der Waals surface area (Å²) >= 11 is 7.83. The van der Waals surface area contributed by atoms with Crippen LogP contribution in [-0.4, -0.2) is 75.3 Å². The zero-order chi connectivity index (χ0) is 38.5. The highest BCUT2D eigenvalue weighted by molar-refractivity contribution is 7.22. The lowest BCUT2D eigenvalue weighted by Gasteiger charge is -2.49. The monoisotopic (exact) mass is 772 g/mol. The molecule has 0 radical (unpaired) electrons. The van der Waals surface area contributed by atoms with Crippen molar-refractivity contribution < 1.29 is 43.7 Å². The van der Waals surface area contributed by atoms with Crippen molar-refractivity contribution in [3.8, 4) is 27.8 Å². The van der Waals surface area contributed by atoms with E-state index in [4.69, 9.17) is 26.2 Å². The molecule has 2 aliphatic carbocycles. The van der Waals surface area contributed by atoms with E-state index in [2.05, 4.69) is 0 Å². The number of aromatic nitrogens is 2. The van der Waals surface area contributed by atoms with Gasteiger partial charge in [-0.2, -0.15) is 5.10 Å². The number of benzene rings is 2. The van der Waals surface area contributed by atoms with Crippen molar-refractivity contribution in [1.29, 1.82) is 0 Å². The van der Waals surface area contributed by atoms with Crippen LogP contribution in [0.15, 0.2) is 48.0 Å². The predicted octanol–water partition coefficient (Wildman–Crippen LogP) is 5.69. The summed E-state index contributed by atoms with van der Waals surface area (Å²) in [5.74, 6) is -6.63. The topological polar surface area (TPSA) is 169 Å². The Morgan fingerprint density at radius 1 is 1.04 bits per heavy atom. The Bertz CT molecular complexity index is 2340. The minimum absolute atomic E-state index is 0.0952. The number of imide groups is 2. The molecule has 2 aromatic heterocycles. The van der Waals surface area contributed by atoms with Gasteiger partial charge in [0.1, 0.15) is 11.5 Å². The lowest BCUT2D eigenvalue weighted by molar-refractivity contribution is -0.142. The number of carboxylic acids is 1. The van der Waals surface area contributed by atoms with Crippen molar-refractivity contribution in [3.63, 3.8) is 0 Å². The summed E-state index contributed by atoms with van der Waals surface area (Å²) in [5, 5.41) is 26.5. The Labute approximate surface area is 318 Å². The van der Waals surface area contributed by atoms with E-state index in [9.17, 15) is 29.4 Å². The number of ether oxygens (including phenoxy) is 2. The number of aryl methyl sites for hydroxylation is 2. The number of amides is 4. The summed E-state index contributed by atoms with van der Waals surface area (Å²) in [7, 11) is 4.46. The number of carboxylic acid groups (broad SMARTS) is 1. The highest BCUT2D eigenvalue weighted by Gasteiger charge is 2.68. The summed E-state index contributed by atoms with van der Waals surface area (Å²) in [6, 6.07) is 10.6. The number of nitrogens with zero attached hydrogens (tertiary/aromatic N) is 4. The van der Waals surface area contributed by atoms with Crippen LogP contribution < -0.4 is 14.4 Å². The van der Waals surface area contributed by atoms with Gasteiger partial charge < -0.3 is 19.7 Å². The number of likely N-dealkylation sites (tertiary alicyclic amines) is 1. The van der Waals surface area contributed by atoms with Gasteiger partial charge in [0, 0.05) is 35.3 Å². The molecule has 0 spiro atoms. The first-order valence-corrected chi connectivity index (χ1v) is 18.7. The molecule has 0 bridgehead atoms. The summed E-state index contributed by atoms with van der Waals surface area (Å²) < 4.78 is 13.6. The molecule has 280 valence electrons. The number of hydrogen-bond donors (Lipinski definition) is 2. The van der Waals surface area contributed by atoms with Gasteiger partial charge in [-0.1, -0.05) is 23.3 Å². The van der Waals surface area contributed by atoms with Crippen LogP contribution in [0.3, 0.4) is 0 Å². The zero-order valence-corrected chi connectivity index (χ0v) is 31.7. The molecule has 2 aliphatic heterocycles. The lowest BCUT2D eigenvalue weighted by Crippen LogP contribution is -2.49. The molecule has 8 rings (SSSR count). The first kappa shape index (κ1) is 35.8. The van der Waals surface area contributed by atoms with E-state index in [0.29, 0.717) is 16.3 Å². The minimum Gasteiger partial charge on any atom is -0.502 e. The van der Waals surface area contributed by atoms with Gasteiger partial charge in [0.05, 0.1) is 48.7 Å². The maximum Gasteiger partial charge on any atom is 0.305 e. The molecule has 13 nitrogen and oxygen atoms in total. The van der Waals surface area contributed by atoms with Crippen molar-refractivity contribution in [2.75, 3.05) is 25.7 Å². The van der Waals surface area contributed by atoms with Crippen molar-refractivity contribution in [2.45, 2.75) is 39.0 Å². The SMILES string of the molecule is COc1cc([C@H]2C3=CC[C@@H]4C(=O)N(CCC(=O)O)C(=O)[C@@H]4[C@@H]3C[C@H]3C(=O)N(c4cc(-c5sc6ccc(Cl)cc6c5C)nn4C)C(=O)[C@@]23C)cc(OC)c1O. The van der Waals surface area contributed by atoms with Crippen LogP contribution in [0, 0.1) is 36.0 Å². The van der Waals surface area contributed by atoms with E-state index in [-0.39, 0.29) is 48.9 Å². The van der Waals surface area contributed by atoms with Gasteiger partial charge in [-0.3, -0.25) is 33.6 Å². The third kappa shape index (κ3) is 5.02. The quantitative estimate of drug-likeness (QED) is 0.168. The van der Waals surface area contributed by atoms with E-state index in [1.807, 2.05) is 31.2 Å². The number of rotatable bonds is 8. The Morgan fingerprint density at radius 3 is 2.41 bits per heavy atom. The van der Waals surface area contributed by atoms with Gasteiger partial charge in [-0.15, -0.1) is 11.3 Å². The predicted molar refractivity (Wildman–Crippen MR) is 199 cm³/mol. The van der Waals surface area contributed by atoms with Gasteiger partial charge in [0.2, 0.25) is 29.4 Å². The number of aromatic hydroxyl groups is 1. The van der Waals surface area contributed by atoms with Crippen molar-refractivity contribution in [3.05, 3.63) is 64.2 Å². The molecule has 3 fully saturated rings. The number of fused-ring (bicyclic) bond motifs is 5. The van der Waals surface area contributed by atoms with Gasteiger partial charge in [0.25, 0.3) is 0 Å². The normalized spacial score (nSPS) is 26.3. The minimum atomic E-state index is -1.39. The Morgan fingerprint density at radius 2 is 1.74 bits per heavy atom. The molecule has 4 heterocycles. The molecule has 0 unspecified atom stereocenters. The number of aliphatic carboxylic acids is 1. The van der Waals surface area contributed by atoms with E-state index < -0.39 is 64.6 Å². The molecule has 54 heavy (non-hydrogen) atoms. The summed E-state index contributed by atoms with van der Waals surface area (Å²) in [6.45, 7) is 3.49. The van der Waals surface area contributed by atoms with Crippen molar-refractivity contribution >= 4 is 68.4 Å². The fraction of sp³-hybridized carbons (Fsp3) is 0.385. The molecule has 2 N–H and O–H groups in total. The van der Waals surface area contributed by atoms with Gasteiger partial charge in [-0.05, 0) is 79.5 Å². The Balaban J connectivity index is 1.26. The summed E-state index contributed by atoms with van der Waals surface area (Å²) in [5.41, 5.74) is 1.41. The first-order valence-electron chi connectivity index (χ1n) is 17.5. The fourth-order valence-electron chi connectivity index (χ4n) is 9.40. The van der Waals surface area contributed by atoms with Crippen LogP contribution in [0.2, 0.25) is 5.02 Å². The second kappa shape index (κ2) is 12.7. The molecule has 1 saturated carbocycles. The Kier molecular flexibility index (Phi) is 8.42. The van der Waals surface area contributed by atoms with E-state index in [1.165, 1.54) is 35.1 Å². The molecule has 4 aliphatic rings. The third-order valence-electron chi connectivity index (χ3n) is 12.0. The van der Waals surface area contributed by atoms with Crippen LogP contribution >= 0.6 is 22.9 Å². The first-order chi connectivity index (χ1) is 25.7. The number of halogens is 1. The second-order valence-electron chi connectivity index (χ2n) is 14.6. The molecule has 2 saturated heterocycles.